The third kappa shape index (κ3) is 3.31. The number of esters is 1. The lowest BCUT2D eigenvalue weighted by atomic mass is 9.66. The number of rotatable bonds is 5. The summed E-state index contributed by atoms with van der Waals surface area (Å²) < 4.78 is 38.8. The van der Waals surface area contributed by atoms with Crippen molar-refractivity contribution in [3.05, 3.63) is 41.0 Å². The van der Waals surface area contributed by atoms with Crippen LogP contribution in [0.25, 0.3) is 0 Å². The molecule has 0 saturated carbocycles. The number of carbonyl (C=O) groups excluding carboxylic acids is 2. The lowest BCUT2D eigenvalue weighted by Crippen LogP contribution is -2.39. The average molecular weight is 472 g/mol. The minimum atomic E-state index is -0.821. The van der Waals surface area contributed by atoms with Crippen LogP contribution in [0.15, 0.2) is 24.3 Å². The van der Waals surface area contributed by atoms with E-state index in [9.17, 15) is 9.59 Å². The Labute approximate surface area is 194 Å². The van der Waals surface area contributed by atoms with Crippen LogP contribution in [0.3, 0.4) is 0 Å². The summed E-state index contributed by atoms with van der Waals surface area (Å²) in [6.45, 7) is 0.150. The molecule has 3 aliphatic rings. The predicted octanol–water partition coefficient (Wildman–Crippen LogP) is 2.02. The second-order valence-electron chi connectivity index (χ2n) is 8.06. The number of methoxy groups -OCH3 is 3. The topological polar surface area (TPSA) is 137 Å². The Morgan fingerprint density at radius 2 is 1.62 bits per heavy atom. The van der Waals surface area contributed by atoms with Gasteiger partial charge in [-0.3, -0.25) is 10.2 Å². The van der Waals surface area contributed by atoms with Crippen LogP contribution in [-0.4, -0.2) is 46.8 Å². The fraction of sp³-hybridized carbons (Fsp3) is 0.391. The summed E-state index contributed by atoms with van der Waals surface area (Å²) in [5.74, 6) is 5.67. The molecular weight excluding hydrogens is 448 g/mol. The molecule has 0 spiro atoms. The molecule has 0 radical (unpaired) electrons. The van der Waals surface area contributed by atoms with Crippen molar-refractivity contribution in [2.75, 3.05) is 34.7 Å². The Kier molecular flexibility index (Phi) is 5.48. The SMILES string of the molecule is COc1cc(C2c3cc4c(cc3C(OC(=O)NN)C3COC(=O)C23)OCO4)cc(OC)c1OC. The largest absolute Gasteiger partial charge is 0.493 e. The molecule has 1 aliphatic carbocycles. The predicted molar refractivity (Wildman–Crippen MR) is 115 cm³/mol. The van der Waals surface area contributed by atoms with E-state index >= 15 is 0 Å². The summed E-state index contributed by atoms with van der Waals surface area (Å²) in [4.78, 5) is 25.1. The highest BCUT2D eigenvalue weighted by Crippen LogP contribution is 2.56. The van der Waals surface area contributed by atoms with E-state index in [1.165, 1.54) is 21.3 Å². The molecule has 1 saturated heterocycles. The number of carbonyl (C=O) groups is 2. The van der Waals surface area contributed by atoms with Crippen molar-refractivity contribution in [3.8, 4) is 28.7 Å². The first-order valence-electron chi connectivity index (χ1n) is 10.6. The van der Waals surface area contributed by atoms with Gasteiger partial charge in [-0.25, -0.2) is 10.6 Å². The van der Waals surface area contributed by atoms with Crippen molar-refractivity contribution < 1.29 is 42.7 Å². The highest BCUT2D eigenvalue weighted by molar-refractivity contribution is 5.79. The summed E-state index contributed by atoms with van der Waals surface area (Å²) in [7, 11) is 4.57. The maximum atomic E-state index is 13.0. The van der Waals surface area contributed by atoms with E-state index in [1.54, 1.807) is 18.2 Å². The fourth-order valence-corrected chi connectivity index (χ4v) is 5.09. The van der Waals surface area contributed by atoms with Crippen LogP contribution in [0.4, 0.5) is 4.79 Å². The zero-order valence-electron chi connectivity index (χ0n) is 18.8. The van der Waals surface area contributed by atoms with Gasteiger partial charge < -0.3 is 33.2 Å². The standard InChI is InChI=1S/C23H24N2O9/c1-28-16-4-10(5-17(29-2)21(16)30-3)18-11-6-14-15(33-9-32-14)7-12(11)20(34-23(27)25-24)13-8-31-22(26)19(13)18/h4-7,13,18-20H,8-9,24H2,1-3H3,(H,25,27). The van der Waals surface area contributed by atoms with Crippen molar-refractivity contribution in [2.45, 2.75) is 12.0 Å². The van der Waals surface area contributed by atoms with Crippen molar-refractivity contribution in [2.24, 2.45) is 17.7 Å². The summed E-state index contributed by atoms with van der Waals surface area (Å²) in [6.07, 6.45) is -1.61. The van der Waals surface area contributed by atoms with Crippen molar-refractivity contribution in [1.29, 1.82) is 0 Å². The number of fused-ring (bicyclic) bond motifs is 3. The van der Waals surface area contributed by atoms with Crippen LogP contribution in [0, 0.1) is 11.8 Å². The van der Waals surface area contributed by atoms with Gasteiger partial charge in [0.05, 0.1) is 33.9 Å². The number of benzene rings is 2. The third-order valence-corrected chi connectivity index (χ3v) is 6.52. The lowest BCUT2D eigenvalue weighted by molar-refractivity contribution is -0.141. The molecule has 5 rings (SSSR count). The highest BCUT2D eigenvalue weighted by atomic mass is 16.7. The number of amides is 1. The average Bonchev–Trinajstić information content (AvgIpc) is 3.48. The van der Waals surface area contributed by atoms with Gasteiger partial charge in [0.2, 0.25) is 12.5 Å². The van der Waals surface area contributed by atoms with E-state index in [-0.39, 0.29) is 13.4 Å². The molecule has 11 heteroatoms. The monoisotopic (exact) mass is 472 g/mol. The maximum absolute atomic E-state index is 13.0. The molecule has 4 atom stereocenters. The maximum Gasteiger partial charge on any atom is 0.422 e. The molecule has 0 bridgehead atoms. The molecule has 3 N–H and O–H groups in total. The van der Waals surface area contributed by atoms with Crippen LogP contribution >= 0.6 is 0 Å². The number of ether oxygens (including phenoxy) is 7. The van der Waals surface area contributed by atoms with Crippen molar-refractivity contribution in [1.82, 2.24) is 5.43 Å². The Hall–Kier alpha value is -3.86. The van der Waals surface area contributed by atoms with E-state index in [0.29, 0.717) is 34.3 Å². The first kappa shape index (κ1) is 22.0. The third-order valence-electron chi connectivity index (χ3n) is 6.52. The summed E-state index contributed by atoms with van der Waals surface area (Å²) in [6, 6.07) is 7.19. The molecule has 2 aromatic rings. The quantitative estimate of drug-likeness (QED) is 0.288. The van der Waals surface area contributed by atoms with Crippen LogP contribution in [0.2, 0.25) is 0 Å². The number of nitrogens with two attached hydrogens (primary N) is 1. The number of hydrogen-bond donors (Lipinski definition) is 2. The van der Waals surface area contributed by atoms with Gasteiger partial charge in [0, 0.05) is 17.4 Å². The summed E-state index contributed by atoms with van der Waals surface area (Å²) >= 11 is 0. The Morgan fingerprint density at radius 1 is 0.971 bits per heavy atom. The van der Waals surface area contributed by atoms with E-state index in [1.807, 2.05) is 11.5 Å². The normalized spacial score (nSPS) is 23.9. The van der Waals surface area contributed by atoms with Gasteiger partial charge in [0.25, 0.3) is 0 Å². The van der Waals surface area contributed by atoms with Gasteiger partial charge in [-0.2, -0.15) is 0 Å². The minimum Gasteiger partial charge on any atom is -0.493 e. The smallest absolute Gasteiger partial charge is 0.422 e. The number of hydrazine groups is 1. The van der Waals surface area contributed by atoms with Gasteiger partial charge in [-0.05, 0) is 35.4 Å². The molecule has 180 valence electrons. The van der Waals surface area contributed by atoms with Crippen LogP contribution in [-0.2, 0) is 14.3 Å². The molecule has 11 nitrogen and oxygen atoms in total. The second kappa shape index (κ2) is 8.49. The number of hydrogen-bond acceptors (Lipinski definition) is 10. The van der Waals surface area contributed by atoms with E-state index < -0.39 is 35.9 Å². The summed E-state index contributed by atoms with van der Waals surface area (Å²) in [5.41, 5.74) is 4.13. The van der Waals surface area contributed by atoms with E-state index in [4.69, 9.17) is 39.0 Å². The number of nitrogens with one attached hydrogen (secondary N) is 1. The van der Waals surface area contributed by atoms with Gasteiger partial charge in [-0.15, -0.1) is 0 Å². The highest BCUT2D eigenvalue weighted by Gasteiger charge is 2.54. The molecule has 4 unspecified atom stereocenters. The van der Waals surface area contributed by atoms with Crippen LogP contribution < -0.4 is 35.0 Å². The van der Waals surface area contributed by atoms with Crippen molar-refractivity contribution >= 4 is 12.1 Å². The van der Waals surface area contributed by atoms with Crippen LogP contribution in [0.1, 0.15) is 28.7 Å². The molecule has 2 aromatic carbocycles. The molecule has 34 heavy (non-hydrogen) atoms. The molecule has 0 aromatic heterocycles. The first-order valence-corrected chi connectivity index (χ1v) is 10.6. The molecule has 2 heterocycles. The Balaban J connectivity index is 1.73. The lowest BCUT2D eigenvalue weighted by Gasteiger charge is -2.38. The number of cyclic esters (lactones) is 1. The molecule has 1 amide bonds. The molecule has 1 fully saturated rings. The fourth-order valence-electron chi connectivity index (χ4n) is 5.09. The van der Waals surface area contributed by atoms with Crippen molar-refractivity contribution in [3.63, 3.8) is 0 Å². The Morgan fingerprint density at radius 3 is 2.21 bits per heavy atom. The first-order chi connectivity index (χ1) is 16.5. The van der Waals surface area contributed by atoms with Gasteiger partial charge in [-0.1, -0.05) is 0 Å². The second-order valence-corrected chi connectivity index (χ2v) is 8.06. The summed E-state index contributed by atoms with van der Waals surface area (Å²) in [5, 5.41) is 0. The van der Waals surface area contributed by atoms with Gasteiger partial charge in [0.1, 0.15) is 6.10 Å². The molecular formula is C23H24N2O9. The van der Waals surface area contributed by atoms with E-state index in [0.717, 1.165) is 11.1 Å². The van der Waals surface area contributed by atoms with Gasteiger partial charge in [0.15, 0.2) is 23.0 Å². The van der Waals surface area contributed by atoms with Gasteiger partial charge >= 0.3 is 12.1 Å². The zero-order chi connectivity index (χ0) is 24.0. The minimum absolute atomic E-state index is 0.0663. The zero-order valence-corrected chi connectivity index (χ0v) is 18.8. The van der Waals surface area contributed by atoms with E-state index in [2.05, 4.69) is 0 Å². The van der Waals surface area contributed by atoms with Crippen LogP contribution in [0.5, 0.6) is 28.7 Å². The Bertz CT molecular complexity index is 1130. The molecule has 2 aliphatic heterocycles.